The molecule has 146 valence electrons. The molecule has 2 aromatic carbocycles. The molecule has 0 saturated carbocycles. The number of hydrogen-bond donors (Lipinski definition) is 1. The summed E-state index contributed by atoms with van der Waals surface area (Å²) in [5.74, 6) is -3.12. The monoisotopic (exact) mass is 390 g/mol. The molecule has 0 bridgehead atoms. The first-order valence-corrected chi connectivity index (χ1v) is 8.10. The number of esters is 1. The van der Waals surface area contributed by atoms with E-state index in [2.05, 4.69) is 5.32 Å². The lowest BCUT2D eigenvalue weighted by atomic mass is 10.1. The Morgan fingerprint density at radius 1 is 1.25 bits per heavy atom. The van der Waals surface area contributed by atoms with Crippen molar-refractivity contribution < 1.29 is 28.0 Å². The number of carbonyl (C=O) groups is 2. The maximum atomic E-state index is 13.7. The molecule has 0 heterocycles. The summed E-state index contributed by atoms with van der Waals surface area (Å²) in [5.41, 5.74) is 0.103. The van der Waals surface area contributed by atoms with E-state index < -0.39 is 41.1 Å². The number of amides is 1. The summed E-state index contributed by atoms with van der Waals surface area (Å²) in [6, 6.07) is 8.00. The molecule has 0 fully saturated rings. The molecule has 0 aliphatic rings. The number of rotatable bonds is 7. The van der Waals surface area contributed by atoms with Gasteiger partial charge < -0.3 is 10.1 Å². The highest BCUT2D eigenvalue weighted by Gasteiger charge is 2.15. The maximum Gasteiger partial charge on any atom is 0.331 e. The van der Waals surface area contributed by atoms with Crippen LogP contribution in [0.15, 0.2) is 48.5 Å². The second kappa shape index (κ2) is 9.36. The molecule has 0 radical (unpaired) electrons. The van der Waals surface area contributed by atoms with Crippen LogP contribution in [-0.4, -0.2) is 23.4 Å². The minimum absolute atomic E-state index is 0.0809. The van der Waals surface area contributed by atoms with Crippen LogP contribution in [0.1, 0.15) is 24.1 Å². The number of halogens is 2. The van der Waals surface area contributed by atoms with E-state index in [1.165, 1.54) is 37.3 Å². The molecular formula is C19H16F2N2O5. The number of ether oxygens (including phenoxy) is 1. The van der Waals surface area contributed by atoms with Gasteiger partial charge in [0.1, 0.15) is 11.6 Å². The van der Waals surface area contributed by atoms with E-state index in [1.807, 2.05) is 0 Å². The minimum Gasteiger partial charge on any atom is -0.452 e. The zero-order valence-electron chi connectivity index (χ0n) is 14.7. The first kappa shape index (κ1) is 20.7. The molecule has 0 aliphatic carbocycles. The van der Waals surface area contributed by atoms with Crippen molar-refractivity contribution in [1.29, 1.82) is 0 Å². The van der Waals surface area contributed by atoms with Crippen LogP contribution in [0.3, 0.4) is 0 Å². The fraction of sp³-hybridized carbons (Fsp3) is 0.158. The molecule has 1 N–H and O–H groups in total. The lowest BCUT2D eigenvalue weighted by Gasteiger charge is -2.15. The van der Waals surface area contributed by atoms with Gasteiger partial charge in [0.25, 0.3) is 11.6 Å². The summed E-state index contributed by atoms with van der Waals surface area (Å²) < 4.78 is 31.4. The van der Waals surface area contributed by atoms with Crippen LogP contribution in [0, 0.1) is 21.7 Å². The molecule has 0 spiro atoms. The van der Waals surface area contributed by atoms with Crippen molar-refractivity contribution in [3.05, 3.63) is 81.4 Å². The predicted molar refractivity (Wildman–Crippen MR) is 96.0 cm³/mol. The molecule has 1 amide bonds. The first-order valence-electron chi connectivity index (χ1n) is 8.10. The van der Waals surface area contributed by atoms with Crippen LogP contribution < -0.4 is 5.32 Å². The number of nitrogens with zero attached hydrogens (tertiary/aromatic N) is 1. The van der Waals surface area contributed by atoms with Crippen LogP contribution in [0.2, 0.25) is 0 Å². The number of para-hydroxylation sites is 1. The van der Waals surface area contributed by atoms with Crippen molar-refractivity contribution >= 4 is 23.6 Å². The van der Waals surface area contributed by atoms with Gasteiger partial charge in [-0.1, -0.05) is 18.2 Å². The quantitative estimate of drug-likeness (QED) is 0.338. The number of carbonyl (C=O) groups excluding carboxylic acids is 2. The molecule has 7 nitrogen and oxygen atoms in total. The topological polar surface area (TPSA) is 98.5 Å². The highest BCUT2D eigenvalue weighted by Crippen LogP contribution is 2.19. The van der Waals surface area contributed by atoms with Gasteiger partial charge in [-0.05, 0) is 25.1 Å². The molecule has 0 saturated heterocycles. The van der Waals surface area contributed by atoms with Crippen LogP contribution >= 0.6 is 0 Å². The molecule has 0 unspecified atom stereocenters. The zero-order chi connectivity index (χ0) is 20.7. The van der Waals surface area contributed by atoms with Crippen molar-refractivity contribution in [2.45, 2.75) is 13.0 Å². The number of nitro groups is 1. The van der Waals surface area contributed by atoms with E-state index in [0.29, 0.717) is 6.07 Å². The Kier molecular flexibility index (Phi) is 6.91. The van der Waals surface area contributed by atoms with Gasteiger partial charge in [-0.2, -0.15) is 0 Å². The van der Waals surface area contributed by atoms with Crippen molar-refractivity contribution in [2.75, 3.05) is 6.61 Å². The predicted octanol–water partition coefficient (Wildman–Crippen LogP) is 3.31. The molecular weight excluding hydrogens is 374 g/mol. The summed E-state index contributed by atoms with van der Waals surface area (Å²) in [7, 11) is 0. The summed E-state index contributed by atoms with van der Waals surface area (Å²) in [6.45, 7) is 0.859. The van der Waals surface area contributed by atoms with Gasteiger partial charge in [0.2, 0.25) is 0 Å². The highest BCUT2D eigenvalue weighted by molar-refractivity contribution is 5.90. The lowest BCUT2D eigenvalue weighted by molar-refractivity contribution is -0.385. The van der Waals surface area contributed by atoms with Gasteiger partial charge >= 0.3 is 5.97 Å². The average molecular weight is 390 g/mol. The molecule has 0 aromatic heterocycles. The molecule has 9 heteroatoms. The van der Waals surface area contributed by atoms with E-state index in [0.717, 1.165) is 12.1 Å². The number of benzene rings is 2. The highest BCUT2D eigenvalue weighted by atomic mass is 19.1. The second-order valence-corrected chi connectivity index (χ2v) is 5.71. The van der Waals surface area contributed by atoms with Crippen molar-refractivity contribution in [3.63, 3.8) is 0 Å². The standard InChI is InChI=1S/C19H16F2N2O5/c1-12(15-8-7-14(20)10-16(15)21)22-18(24)11-28-19(25)9-6-13-4-2-3-5-17(13)23(26)27/h2-10,12H,11H2,1H3,(H,22,24)/b9-6+/t12-/m0/s1. The van der Waals surface area contributed by atoms with E-state index in [1.54, 1.807) is 6.07 Å². The summed E-state index contributed by atoms with van der Waals surface area (Å²) in [4.78, 5) is 33.8. The number of hydrogen-bond acceptors (Lipinski definition) is 5. The van der Waals surface area contributed by atoms with E-state index in [9.17, 15) is 28.5 Å². The molecule has 1 atom stereocenters. The van der Waals surface area contributed by atoms with Crippen LogP contribution in [0.25, 0.3) is 6.08 Å². The first-order chi connectivity index (χ1) is 13.3. The normalized spacial score (nSPS) is 11.8. The molecule has 2 aromatic rings. The van der Waals surface area contributed by atoms with Crippen molar-refractivity contribution in [2.24, 2.45) is 0 Å². The third-order valence-corrected chi connectivity index (χ3v) is 3.68. The van der Waals surface area contributed by atoms with Gasteiger partial charge in [-0.15, -0.1) is 0 Å². The third-order valence-electron chi connectivity index (χ3n) is 3.68. The van der Waals surface area contributed by atoms with E-state index in [-0.39, 0.29) is 16.8 Å². The second-order valence-electron chi connectivity index (χ2n) is 5.71. The Hall–Kier alpha value is -3.62. The third kappa shape index (κ3) is 5.70. The zero-order valence-corrected chi connectivity index (χ0v) is 14.7. The largest absolute Gasteiger partial charge is 0.452 e. The van der Waals surface area contributed by atoms with Crippen molar-refractivity contribution in [3.8, 4) is 0 Å². The summed E-state index contributed by atoms with van der Waals surface area (Å²) >= 11 is 0. The Morgan fingerprint density at radius 2 is 1.96 bits per heavy atom. The molecule has 28 heavy (non-hydrogen) atoms. The fourth-order valence-electron chi connectivity index (χ4n) is 2.35. The van der Waals surface area contributed by atoms with Crippen LogP contribution in [0.5, 0.6) is 0 Å². The van der Waals surface area contributed by atoms with Gasteiger partial charge in [-0.3, -0.25) is 14.9 Å². The van der Waals surface area contributed by atoms with Gasteiger partial charge in [0.15, 0.2) is 6.61 Å². The van der Waals surface area contributed by atoms with Crippen LogP contribution in [0.4, 0.5) is 14.5 Å². The number of nitrogens with one attached hydrogen (secondary N) is 1. The number of nitro benzene ring substituents is 1. The van der Waals surface area contributed by atoms with Gasteiger partial charge in [-0.25, -0.2) is 13.6 Å². The van der Waals surface area contributed by atoms with E-state index >= 15 is 0 Å². The van der Waals surface area contributed by atoms with Crippen molar-refractivity contribution in [1.82, 2.24) is 5.32 Å². The Bertz CT molecular complexity index is 930. The van der Waals surface area contributed by atoms with Gasteiger partial charge in [0.05, 0.1) is 16.5 Å². The van der Waals surface area contributed by atoms with E-state index in [4.69, 9.17) is 4.74 Å². The summed E-state index contributed by atoms with van der Waals surface area (Å²) in [6.07, 6.45) is 2.16. The maximum absolute atomic E-state index is 13.7. The average Bonchev–Trinajstić information content (AvgIpc) is 2.64. The fourth-order valence-corrected chi connectivity index (χ4v) is 2.35. The summed E-state index contributed by atoms with van der Waals surface area (Å²) in [5, 5.41) is 13.3. The molecule has 0 aliphatic heterocycles. The molecule has 2 rings (SSSR count). The minimum atomic E-state index is -0.881. The van der Waals surface area contributed by atoms with Crippen LogP contribution in [-0.2, 0) is 14.3 Å². The Labute approximate surface area is 158 Å². The SMILES string of the molecule is C[C@H](NC(=O)COC(=O)/C=C/c1ccccc1[N+](=O)[O-])c1ccc(F)cc1F. The smallest absolute Gasteiger partial charge is 0.331 e. The Morgan fingerprint density at radius 3 is 2.64 bits per heavy atom. The Balaban J connectivity index is 1.89. The van der Waals surface area contributed by atoms with Gasteiger partial charge in [0, 0.05) is 23.8 Å². The lowest BCUT2D eigenvalue weighted by Crippen LogP contribution is -2.31.